The number of anilines is 2. The van der Waals surface area contributed by atoms with E-state index < -0.39 is 77.3 Å². The average molecular weight is 779 g/mol. The second-order valence-electron chi connectivity index (χ2n) is 14.0. The van der Waals surface area contributed by atoms with Gasteiger partial charge in [0.1, 0.15) is 18.6 Å². The van der Waals surface area contributed by atoms with Gasteiger partial charge in [-0.3, -0.25) is 14.4 Å². The van der Waals surface area contributed by atoms with Gasteiger partial charge in [-0.1, -0.05) is 11.6 Å². The van der Waals surface area contributed by atoms with E-state index >= 15 is 4.39 Å². The molecule has 20 heteroatoms. The van der Waals surface area contributed by atoms with E-state index in [4.69, 9.17) is 26.8 Å². The number of aryl methyl sites for hydroxylation is 1. The van der Waals surface area contributed by atoms with Crippen molar-refractivity contribution in [3.63, 3.8) is 0 Å². The Kier molecular flexibility index (Phi) is 9.45. The van der Waals surface area contributed by atoms with E-state index in [9.17, 15) is 35.5 Å². The zero-order valence-electron chi connectivity index (χ0n) is 28.6. The van der Waals surface area contributed by atoms with Crippen LogP contribution in [0.15, 0.2) is 6.07 Å². The van der Waals surface area contributed by atoms with Crippen molar-refractivity contribution in [3.8, 4) is 6.01 Å². The van der Waals surface area contributed by atoms with Crippen LogP contribution in [0.2, 0.25) is 5.02 Å². The Bertz CT molecular complexity index is 1940. The summed E-state index contributed by atoms with van der Waals surface area (Å²) in [6.45, 7) is 1.19. The van der Waals surface area contributed by atoms with Gasteiger partial charge in [-0.05, 0) is 31.9 Å². The van der Waals surface area contributed by atoms with E-state index in [0.29, 0.717) is 38.2 Å². The van der Waals surface area contributed by atoms with Crippen LogP contribution in [0.5, 0.6) is 6.01 Å². The van der Waals surface area contributed by atoms with Crippen molar-refractivity contribution in [2.24, 2.45) is 0 Å². The fourth-order valence-corrected chi connectivity index (χ4v) is 8.21. The number of carbonyl (C=O) groups is 1. The molecule has 4 aliphatic rings. The van der Waals surface area contributed by atoms with Crippen LogP contribution >= 0.6 is 11.6 Å². The molecule has 0 saturated carbocycles. The molecule has 1 aromatic carbocycles. The molecule has 0 radical (unpaired) electrons. The lowest BCUT2D eigenvalue weighted by Crippen LogP contribution is -2.43. The van der Waals surface area contributed by atoms with Gasteiger partial charge in [0.2, 0.25) is 0 Å². The van der Waals surface area contributed by atoms with Crippen molar-refractivity contribution in [1.29, 1.82) is 0 Å². The molecule has 288 valence electrons. The maximum absolute atomic E-state index is 15.5. The molecule has 2 N–H and O–H groups in total. The first-order chi connectivity index (χ1) is 24.9. The van der Waals surface area contributed by atoms with E-state index in [1.54, 1.807) is 23.7 Å². The van der Waals surface area contributed by atoms with Crippen LogP contribution in [0, 0.1) is 5.82 Å². The molecule has 1 amide bonds. The number of aromatic nitrogens is 4. The van der Waals surface area contributed by atoms with Crippen molar-refractivity contribution in [1.82, 2.24) is 29.5 Å². The van der Waals surface area contributed by atoms with E-state index in [1.165, 1.54) is 4.90 Å². The molecule has 2 unspecified atom stereocenters. The van der Waals surface area contributed by atoms with Gasteiger partial charge < -0.3 is 25.0 Å². The summed E-state index contributed by atoms with van der Waals surface area (Å²) in [5, 5.41) is 4.53. The third-order valence-electron chi connectivity index (χ3n) is 10.4. The predicted molar refractivity (Wildman–Crippen MR) is 174 cm³/mol. The van der Waals surface area contributed by atoms with Gasteiger partial charge in [0, 0.05) is 57.7 Å². The minimum absolute atomic E-state index is 0.00279. The molecule has 0 spiro atoms. The summed E-state index contributed by atoms with van der Waals surface area (Å²) in [7, 11) is 3.11. The largest absolute Gasteiger partial charge is 0.461 e. The number of alkyl halides is 7. The molecule has 2 aromatic heterocycles. The Morgan fingerprint density at radius 1 is 1.13 bits per heavy atom. The lowest BCUT2D eigenvalue weighted by Gasteiger charge is -2.33. The van der Waals surface area contributed by atoms with Crippen LogP contribution in [0.4, 0.5) is 46.6 Å². The van der Waals surface area contributed by atoms with Gasteiger partial charge in [-0.25, -0.2) is 8.78 Å². The number of fused-ring (bicyclic) bond motifs is 3. The summed E-state index contributed by atoms with van der Waals surface area (Å²) in [6.07, 6.45) is -12.5. The number of hydrogen-bond donors (Lipinski definition) is 1. The maximum atomic E-state index is 15.5. The van der Waals surface area contributed by atoms with Crippen molar-refractivity contribution in [3.05, 3.63) is 56.2 Å². The van der Waals surface area contributed by atoms with Crippen LogP contribution in [-0.4, -0.2) is 87.5 Å². The Balaban J connectivity index is 1.30. The molecule has 53 heavy (non-hydrogen) atoms. The number of nitrogens with zero attached hydrogens (tertiary/aromatic N) is 7. The highest BCUT2D eigenvalue weighted by Crippen LogP contribution is 2.49. The Hall–Kier alpha value is -3.97. The van der Waals surface area contributed by atoms with Gasteiger partial charge in [0.15, 0.2) is 11.5 Å². The zero-order valence-corrected chi connectivity index (χ0v) is 29.3. The molecular weight excluding hydrogens is 744 g/mol. The molecule has 7 rings (SSSR count). The Morgan fingerprint density at radius 2 is 1.89 bits per heavy atom. The van der Waals surface area contributed by atoms with Gasteiger partial charge in [-0.2, -0.15) is 41.4 Å². The van der Waals surface area contributed by atoms with Gasteiger partial charge >= 0.3 is 18.4 Å². The highest BCUT2D eigenvalue weighted by atomic mass is 35.5. The smallest absolute Gasteiger partial charge is 0.417 e. The number of benzene rings is 1. The van der Waals surface area contributed by atoms with Gasteiger partial charge in [0.25, 0.3) is 5.91 Å². The molecule has 3 aromatic rings. The van der Waals surface area contributed by atoms with Crippen LogP contribution in [-0.2, 0) is 43.2 Å². The summed E-state index contributed by atoms with van der Waals surface area (Å²) in [5.74, 6) is -1.88. The molecule has 2 saturated heterocycles. The highest BCUT2D eigenvalue weighted by molar-refractivity contribution is 6.34. The summed E-state index contributed by atoms with van der Waals surface area (Å²) < 4.78 is 128. The fourth-order valence-electron chi connectivity index (χ4n) is 7.93. The van der Waals surface area contributed by atoms with E-state index in [1.807, 2.05) is 4.90 Å². The third kappa shape index (κ3) is 6.72. The fraction of sp³-hybridized carbons (Fsp3) is 0.576. The Labute approximate surface area is 303 Å². The maximum Gasteiger partial charge on any atom is 0.417 e. The number of ether oxygens (including phenoxy) is 2. The molecule has 4 aliphatic heterocycles. The van der Waals surface area contributed by atoms with Crippen molar-refractivity contribution in [2.75, 3.05) is 51.0 Å². The van der Waals surface area contributed by atoms with Crippen molar-refractivity contribution < 1.29 is 49.4 Å². The lowest BCUT2D eigenvalue weighted by molar-refractivity contribution is -0.163. The quantitative estimate of drug-likeness (QED) is 0.239. The highest BCUT2D eigenvalue weighted by Gasteiger charge is 2.50. The topological polar surface area (TPSA) is 115 Å². The summed E-state index contributed by atoms with van der Waals surface area (Å²) >= 11 is 6.68. The molecule has 3 atom stereocenters. The third-order valence-corrected chi connectivity index (χ3v) is 10.8. The van der Waals surface area contributed by atoms with Crippen molar-refractivity contribution >= 4 is 29.0 Å². The second kappa shape index (κ2) is 13.4. The molecule has 0 aliphatic carbocycles. The first kappa shape index (κ1) is 37.3. The van der Waals surface area contributed by atoms with Crippen molar-refractivity contribution in [2.45, 2.75) is 82.0 Å². The first-order valence-corrected chi connectivity index (χ1v) is 17.3. The van der Waals surface area contributed by atoms with Gasteiger partial charge in [-0.15, -0.1) is 0 Å². The summed E-state index contributed by atoms with van der Waals surface area (Å²) in [5.41, 5.74) is -1.16. The van der Waals surface area contributed by atoms with Crippen LogP contribution < -0.4 is 15.4 Å². The van der Waals surface area contributed by atoms with E-state index in [-0.39, 0.29) is 66.0 Å². The standard InChI is InChI=1S/C33H35ClF8N8O3/c1-47(2)29(51)27-25(34)21-13-48(6-4-8-50(21)46-27)28-17-14-52-22(23-24(33(40,41)42)18(32(37,38)39)9-19(43)26(23)36)10-20(17)44-30(45-28)53-15-31-5-3-7-49(31)12-16(35)11-31/h9,16,22H,3-8,10-15,43H2,1-2H3/t16?,22?,31-/m0/s1. The molecule has 11 nitrogen and oxygen atoms in total. The normalized spacial score (nSPS) is 23.4. The van der Waals surface area contributed by atoms with E-state index in [0.717, 1.165) is 6.42 Å². The summed E-state index contributed by atoms with van der Waals surface area (Å²) in [4.78, 5) is 27.1. The number of rotatable bonds is 6. The van der Waals surface area contributed by atoms with Crippen LogP contribution in [0.3, 0.4) is 0 Å². The Morgan fingerprint density at radius 3 is 2.58 bits per heavy atom. The van der Waals surface area contributed by atoms with Gasteiger partial charge in [0.05, 0.1) is 58.0 Å². The SMILES string of the molecule is CN(C)C(=O)c1nn2c(c1Cl)CN(c1nc(OC[C@@]34CCCN3CC(F)C4)nc3c1COC(c1c(F)c(N)cc(C(F)(F)F)c1C(F)(F)F)C3)CCC2. The first-order valence-electron chi connectivity index (χ1n) is 16.9. The minimum Gasteiger partial charge on any atom is -0.461 e. The molecule has 0 bridgehead atoms. The summed E-state index contributed by atoms with van der Waals surface area (Å²) in [6, 6.07) is -0.288. The average Bonchev–Trinajstić information content (AvgIpc) is 3.65. The number of halogens is 9. The lowest BCUT2D eigenvalue weighted by atomic mass is 9.90. The molecule has 6 heterocycles. The molecule has 2 fully saturated rings. The predicted octanol–water partition coefficient (Wildman–Crippen LogP) is 5.97. The minimum atomic E-state index is -5.63. The number of amides is 1. The van der Waals surface area contributed by atoms with Crippen LogP contribution in [0.25, 0.3) is 0 Å². The number of nitrogen functional groups attached to an aromatic ring is 1. The van der Waals surface area contributed by atoms with Crippen LogP contribution in [0.1, 0.15) is 75.9 Å². The van der Waals surface area contributed by atoms with E-state index in [2.05, 4.69) is 15.1 Å². The zero-order chi connectivity index (χ0) is 38.2. The number of hydrogen-bond acceptors (Lipinski definition) is 9. The molecular formula is C33H35ClF8N8O3. The number of nitrogens with two attached hydrogens (primary N) is 1. The number of carbonyl (C=O) groups excluding carboxylic acids is 1. The monoisotopic (exact) mass is 778 g/mol. The second-order valence-corrected chi connectivity index (χ2v) is 14.4.